The number of aromatic carboxylic acids is 1. The summed E-state index contributed by atoms with van der Waals surface area (Å²) in [5, 5.41) is 13.5. The maximum Gasteiger partial charge on any atom is 0.336 e. The molecule has 1 saturated heterocycles. The third kappa shape index (κ3) is 4.10. The predicted octanol–water partition coefficient (Wildman–Crippen LogP) is 4.48. The first-order valence-corrected chi connectivity index (χ1v) is 9.02. The summed E-state index contributed by atoms with van der Waals surface area (Å²) in [6.45, 7) is 14.6. The van der Waals surface area contributed by atoms with E-state index in [1.807, 2.05) is 26.8 Å². The lowest BCUT2D eigenvalue weighted by Crippen LogP contribution is -2.38. The third-order valence-corrected chi connectivity index (χ3v) is 5.19. The van der Waals surface area contributed by atoms with Crippen molar-refractivity contribution < 1.29 is 9.90 Å². The van der Waals surface area contributed by atoms with Crippen LogP contribution in [0.4, 0.5) is 5.69 Å². The van der Waals surface area contributed by atoms with Crippen molar-refractivity contribution in [2.45, 2.75) is 39.7 Å². The molecule has 0 aromatic heterocycles. The normalized spacial score (nSPS) is 16.1. The van der Waals surface area contributed by atoms with E-state index in [1.165, 1.54) is 0 Å². The predicted molar refractivity (Wildman–Crippen MR) is 108 cm³/mol. The van der Waals surface area contributed by atoms with Crippen molar-refractivity contribution in [2.24, 2.45) is 4.99 Å². The Kier molecular flexibility index (Phi) is 6.48. The van der Waals surface area contributed by atoms with Crippen LogP contribution in [0.1, 0.15) is 39.9 Å². The number of hydrogen-bond acceptors (Lipinski definition) is 4. The van der Waals surface area contributed by atoms with Crippen molar-refractivity contribution in [3.8, 4) is 0 Å². The molecule has 0 unspecified atom stereocenters. The summed E-state index contributed by atoms with van der Waals surface area (Å²) in [4.78, 5) is 17.7. The fourth-order valence-corrected chi connectivity index (χ4v) is 3.77. The number of aryl methyl sites for hydroxylation is 2. The molecule has 0 saturated carbocycles. The van der Waals surface area contributed by atoms with E-state index in [4.69, 9.17) is 11.6 Å². The van der Waals surface area contributed by atoms with Crippen LogP contribution in [0.2, 0.25) is 0 Å². The van der Waals surface area contributed by atoms with Gasteiger partial charge in [-0.25, -0.2) is 9.79 Å². The molecule has 0 radical (unpaired) electrons. The number of carboxylic acid groups (broad SMARTS) is 1. The number of hydrogen-bond donors (Lipinski definition) is 2. The van der Waals surface area contributed by atoms with Crippen LogP contribution in [0.3, 0.4) is 0 Å². The Bertz CT molecular complexity index is 763. The lowest BCUT2D eigenvalue weighted by molar-refractivity contribution is 0.0695. The molecule has 0 bridgehead atoms. The van der Waals surface area contributed by atoms with Gasteiger partial charge in [-0.05, 0) is 63.1 Å². The van der Waals surface area contributed by atoms with Gasteiger partial charge in [-0.3, -0.25) is 0 Å². The quantitative estimate of drug-likeness (QED) is 0.568. The second kappa shape index (κ2) is 8.41. The highest BCUT2D eigenvalue weighted by atomic mass is 35.5. The summed E-state index contributed by atoms with van der Waals surface area (Å²) in [7, 11) is 0. The van der Waals surface area contributed by atoms with Gasteiger partial charge in [0.15, 0.2) is 0 Å². The number of anilines is 1. The molecular weight excluding hydrogens is 350 g/mol. The number of piperidine rings is 1. The van der Waals surface area contributed by atoms with E-state index in [2.05, 4.69) is 28.5 Å². The number of allylic oxidation sites excluding steroid dienone is 2. The van der Waals surface area contributed by atoms with Crippen molar-refractivity contribution >= 4 is 30.0 Å². The molecule has 2 rings (SSSR count). The van der Waals surface area contributed by atoms with Gasteiger partial charge < -0.3 is 15.3 Å². The molecule has 0 atom stereocenters. The zero-order valence-corrected chi connectivity index (χ0v) is 16.4. The molecule has 1 fully saturated rings. The first-order chi connectivity index (χ1) is 12.3. The van der Waals surface area contributed by atoms with Gasteiger partial charge in [0.25, 0.3) is 0 Å². The molecule has 140 valence electrons. The van der Waals surface area contributed by atoms with E-state index < -0.39 is 5.97 Å². The molecular formula is C20H26ClN3O2. The van der Waals surface area contributed by atoms with Crippen molar-refractivity contribution in [1.82, 2.24) is 4.90 Å². The zero-order chi connectivity index (χ0) is 19.4. The number of likely N-dealkylation sites (tertiary alicyclic amines) is 1. The van der Waals surface area contributed by atoms with Crippen LogP contribution in [-0.2, 0) is 0 Å². The lowest BCUT2D eigenvalue weighted by Gasteiger charge is -2.35. The maximum absolute atomic E-state index is 11.6. The van der Waals surface area contributed by atoms with Crippen molar-refractivity contribution in [3.05, 3.63) is 51.8 Å². The summed E-state index contributed by atoms with van der Waals surface area (Å²) >= 11 is 6.15. The minimum absolute atomic E-state index is 0.265. The van der Waals surface area contributed by atoms with E-state index >= 15 is 0 Å². The van der Waals surface area contributed by atoms with Gasteiger partial charge >= 0.3 is 5.97 Å². The minimum atomic E-state index is -0.885. The van der Waals surface area contributed by atoms with Gasteiger partial charge in [-0.1, -0.05) is 24.2 Å². The van der Waals surface area contributed by atoms with Crippen LogP contribution in [0, 0.1) is 20.8 Å². The summed E-state index contributed by atoms with van der Waals surface area (Å²) in [6, 6.07) is 2.20. The first kappa shape index (κ1) is 20.0. The van der Waals surface area contributed by atoms with Gasteiger partial charge in [0, 0.05) is 24.8 Å². The van der Waals surface area contributed by atoms with Gasteiger partial charge in [0.1, 0.15) is 5.82 Å². The minimum Gasteiger partial charge on any atom is -0.478 e. The van der Waals surface area contributed by atoms with Crippen LogP contribution in [0.5, 0.6) is 0 Å². The van der Waals surface area contributed by atoms with Crippen molar-refractivity contribution in [1.29, 1.82) is 0 Å². The average Bonchev–Trinajstić information content (AvgIpc) is 2.59. The smallest absolute Gasteiger partial charge is 0.336 e. The molecule has 0 aliphatic carbocycles. The molecule has 1 aliphatic rings. The topological polar surface area (TPSA) is 64.9 Å². The van der Waals surface area contributed by atoms with Gasteiger partial charge in [-0.2, -0.15) is 0 Å². The Morgan fingerprint density at radius 1 is 1.35 bits per heavy atom. The van der Waals surface area contributed by atoms with Crippen LogP contribution in [0.15, 0.2) is 34.6 Å². The largest absolute Gasteiger partial charge is 0.478 e. The van der Waals surface area contributed by atoms with Gasteiger partial charge in [-0.15, -0.1) is 0 Å². The van der Waals surface area contributed by atoms with Crippen molar-refractivity contribution in [3.63, 3.8) is 0 Å². The highest BCUT2D eigenvalue weighted by Gasteiger charge is 2.24. The Morgan fingerprint density at radius 3 is 2.46 bits per heavy atom. The van der Waals surface area contributed by atoms with E-state index in [1.54, 1.807) is 6.08 Å². The molecule has 0 spiro atoms. The molecule has 1 aromatic rings. The molecule has 1 aliphatic heterocycles. The van der Waals surface area contributed by atoms with Gasteiger partial charge in [0.05, 0.1) is 10.6 Å². The summed E-state index contributed by atoms with van der Waals surface area (Å²) < 4.78 is 0. The monoisotopic (exact) mass is 375 g/mol. The fraction of sp³-hybridized carbons (Fsp3) is 0.400. The second-order valence-corrected chi connectivity index (χ2v) is 7.04. The van der Waals surface area contributed by atoms with E-state index in [0.717, 1.165) is 48.3 Å². The summed E-state index contributed by atoms with van der Waals surface area (Å²) in [5.74, 6) is -0.222. The van der Waals surface area contributed by atoms with Gasteiger partial charge in [0.2, 0.25) is 0 Å². The molecule has 2 N–H and O–H groups in total. The van der Waals surface area contributed by atoms with Crippen LogP contribution >= 0.6 is 11.6 Å². The van der Waals surface area contributed by atoms with E-state index in [-0.39, 0.29) is 6.04 Å². The highest BCUT2D eigenvalue weighted by Crippen LogP contribution is 2.30. The average molecular weight is 376 g/mol. The number of halogens is 1. The summed E-state index contributed by atoms with van der Waals surface area (Å²) in [6.07, 6.45) is 3.37. The first-order valence-electron chi connectivity index (χ1n) is 8.64. The number of nitrogens with zero attached hydrogens (tertiary/aromatic N) is 2. The molecule has 1 aromatic carbocycles. The van der Waals surface area contributed by atoms with Crippen LogP contribution in [-0.4, -0.2) is 41.8 Å². The van der Waals surface area contributed by atoms with E-state index in [0.29, 0.717) is 16.4 Å². The highest BCUT2D eigenvalue weighted by molar-refractivity contribution is 6.31. The van der Waals surface area contributed by atoms with E-state index in [9.17, 15) is 9.90 Å². The maximum atomic E-state index is 11.6. The molecule has 6 heteroatoms. The molecule has 26 heavy (non-hydrogen) atoms. The van der Waals surface area contributed by atoms with Crippen molar-refractivity contribution in [2.75, 3.05) is 18.4 Å². The second-order valence-electron chi connectivity index (χ2n) is 6.63. The molecule has 1 heterocycles. The molecule has 5 nitrogen and oxygen atoms in total. The standard InChI is InChI=1S/C20H26ClN3O2/c1-6-16(21)19(22-5)24-9-7-15(8-10-24)23-18-13(3)11-12(2)17(14(18)4)20(25)26/h6,11,15,23H,1,5,7-10H2,2-4H3,(H,25,26)/b19-16-. The number of aliphatic imine (C=N–C) groups is 1. The Labute approximate surface area is 160 Å². The Balaban J connectivity index is 2.16. The van der Waals surface area contributed by atoms with Crippen LogP contribution in [0.25, 0.3) is 0 Å². The fourth-order valence-electron chi connectivity index (χ4n) is 3.59. The Morgan fingerprint density at radius 2 is 1.96 bits per heavy atom. The Hall–Kier alpha value is -2.27. The third-order valence-electron chi connectivity index (χ3n) is 4.87. The zero-order valence-electron chi connectivity index (χ0n) is 15.6. The SMILES string of the molecule is C=C/C(Cl)=C(\N=C)N1CCC(Nc2c(C)cc(C)c(C(=O)O)c2C)CC1. The summed E-state index contributed by atoms with van der Waals surface area (Å²) in [5.41, 5.74) is 3.96. The number of carboxylic acids is 1. The number of benzene rings is 1. The molecule has 0 amide bonds. The van der Waals surface area contributed by atoms with Crippen LogP contribution < -0.4 is 5.32 Å². The number of nitrogens with one attached hydrogen (secondary N) is 1. The number of carbonyl (C=O) groups is 1. The lowest BCUT2D eigenvalue weighted by atomic mass is 9.95. The number of rotatable bonds is 6.